The lowest BCUT2D eigenvalue weighted by molar-refractivity contribution is -0.126. The highest BCUT2D eigenvalue weighted by atomic mass is 16.2. The zero-order chi connectivity index (χ0) is 17.4. The molecule has 2 aromatic carbocycles. The second-order valence-electron chi connectivity index (χ2n) is 5.54. The topological polar surface area (TPSA) is 110 Å². The molecular weight excluding hydrogens is 304 g/mol. The maximum absolute atomic E-state index is 11.8. The van der Waals surface area contributed by atoms with Gasteiger partial charge in [0.1, 0.15) is 0 Å². The normalized spacial score (nSPS) is 10.2. The van der Waals surface area contributed by atoms with Gasteiger partial charge in [0.25, 0.3) is 0 Å². The van der Waals surface area contributed by atoms with Crippen molar-refractivity contribution in [3.63, 3.8) is 0 Å². The first kappa shape index (κ1) is 17.3. The van der Waals surface area contributed by atoms with Gasteiger partial charge in [-0.3, -0.25) is 9.59 Å². The fourth-order valence-corrected chi connectivity index (χ4v) is 2.08. The van der Waals surface area contributed by atoms with Crippen molar-refractivity contribution in [2.24, 2.45) is 0 Å². The highest BCUT2D eigenvalue weighted by Crippen LogP contribution is 2.06. The van der Waals surface area contributed by atoms with Crippen LogP contribution in [0.1, 0.15) is 24.0 Å². The van der Waals surface area contributed by atoms with Gasteiger partial charge in [0, 0.05) is 37.3 Å². The third kappa shape index (κ3) is 6.00. The second-order valence-corrected chi connectivity index (χ2v) is 5.54. The minimum absolute atomic E-state index is 0.155. The largest absolute Gasteiger partial charge is 0.399 e. The molecule has 0 aliphatic rings. The summed E-state index contributed by atoms with van der Waals surface area (Å²) in [6.45, 7) is 0.846. The van der Waals surface area contributed by atoms with Gasteiger partial charge in [0.15, 0.2) is 0 Å². The minimum Gasteiger partial charge on any atom is -0.399 e. The molecule has 24 heavy (non-hydrogen) atoms. The molecule has 2 amide bonds. The van der Waals surface area contributed by atoms with E-state index in [1.165, 1.54) is 0 Å². The average molecular weight is 326 g/mol. The molecule has 0 heterocycles. The van der Waals surface area contributed by atoms with E-state index < -0.39 is 0 Å². The van der Waals surface area contributed by atoms with Gasteiger partial charge in [-0.15, -0.1) is 0 Å². The molecule has 0 unspecified atom stereocenters. The Morgan fingerprint density at radius 1 is 0.667 bits per heavy atom. The van der Waals surface area contributed by atoms with Gasteiger partial charge in [-0.1, -0.05) is 24.3 Å². The number of amides is 2. The Kier molecular flexibility index (Phi) is 6.19. The summed E-state index contributed by atoms with van der Waals surface area (Å²) in [6.07, 6.45) is 0.311. The summed E-state index contributed by atoms with van der Waals surface area (Å²) in [5.41, 5.74) is 14.5. The molecular formula is C18H22N4O2. The van der Waals surface area contributed by atoms with Gasteiger partial charge < -0.3 is 22.1 Å². The number of nitrogen functional groups attached to an aromatic ring is 2. The molecule has 0 aliphatic heterocycles. The van der Waals surface area contributed by atoms with Gasteiger partial charge in [-0.2, -0.15) is 0 Å². The van der Waals surface area contributed by atoms with E-state index in [1.807, 2.05) is 24.3 Å². The monoisotopic (exact) mass is 326 g/mol. The maximum atomic E-state index is 11.8. The first-order chi connectivity index (χ1) is 11.5. The zero-order valence-electron chi connectivity index (χ0n) is 13.4. The highest BCUT2D eigenvalue weighted by Gasteiger charge is 2.07. The summed E-state index contributed by atoms with van der Waals surface area (Å²) in [5.74, 6) is -0.316. The lowest BCUT2D eigenvalue weighted by Gasteiger charge is -2.07. The molecule has 0 fully saturated rings. The average Bonchev–Trinajstić information content (AvgIpc) is 2.59. The molecule has 0 aliphatic carbocycles. The molecule has 0 aromatic heterocycles. The molecule has 6 nitrogen and oxygen atoms in total. The van der Waals surface area contributed by atoms with Gasteiger partial charge in [0.2, 0.25) is 11.8 Å². The third-order valence-electron chi connectivity index (χ3n) is 3.52. The SMILES string of the molecule is Nc1ccc(CNC(=O)CCC(=O)NCc2ccc(N)cc2)cc1. The predicted molar refractivity (Wildman–Crippen MR) is 94.6 cm³/mol. The first-order valence-electron chi connectivity index (χ1n) is 7.75. The molecule has 6 N–H and O–H groups in total. The summed E-state index contributed by atoms with van der Waals surface area (Å²) < 4.78 is 0. The highest BCUT2D eigenvalue weighted by molar-refractivity contribution is 5.83. The van der Waals surface area contributed by atoms with Gasteiger partial charge >= 0.3 is 0 Å². The van der Waals surface area contributed by atoms with Crippen molar-refractivity contribution in [2.75, 3.05) is 11.5 Å². The number of rotatable bonds is 7. The molecule has 126 valence electrons. The number of nitrogens with one attached hydrogen (secondary N) is 2. The van der Waals surface area contributed by atoms with Crippen LogP contribution in [0, 0.1) is 0 Å². The van der Waals surface area contributed by atoms with Crippen LogP contribution >= 0.6 is 0 Å². The zero-order valence-corrected chi connectivity index (χ0v) is 13.4. The minimum atomic E-state index is -0.158. The smallest absolute Gasteiger partial charge is 0.220 e. The molecule has 0 saturated carbocycles. The van der Waals surface area contributed by atoms with Crippen LogP contribution in [-0.4, -0.2) is 11.8 Å². The van der Waals surface area contributed by atoms with Crippen LogP contribution in [0.25, 0.3) is 0 Å². The Hall–Kier alpha value is -3.02. The number of nitrogens with two attached hydrogens (primary N) is 2. The molecule has 0 radical (unpaired) electrons. The Balaban J connectivity index is 1.64. The third-order valence-corrected chi connectivity index (χ3v) is 3.52. The number of carbonyl (C=O) groups is 2. The van der Waals surface area contributed by atoms with Crippen LogP contribution in [0.4, 0.5) is 11.4 Å². The number of hydrogen-bond acceptors (Lipinski definition) is 4. The van der Waals surface area contributed by atoms with E-state index in [-0.39, 0.29) is 24.7 Å². The molecule has 0 atom stereocenters. The fourth-order valence-electron chi connectivity index (χ4n) is 2.08. The van der Waals surface area contributed by atoms with E-state index in [2.05, 4.69) is 10.6 Å². The molecule has 0 spiro atoms. The van der Waals surface area contributed by atoms with E-state index in [0.717, 1.165) is 11.1 Å². The number of hydrogen-bond donors (Lipinski definition) is 4. The summed E-state index contributed by atoms with van der Waals surface area (Å²) in [7, 11) is 0. The van der Waals surface area contributed by atoms with E-state index in [9.17, 15) is 9.59 Å². The van der Waals surface area contributed by atoms with E-state index in [4.69, 9.17) is 11.5 Å². The lowest BCUT2D eigenvalue weighted by Crippen LogP contribution is -2.27. The Morgan fingerprint density at radius 3 is 1.33 bits per heavy atom. The van der Waals surface area contributed by atoms with Crippen molar-refractivity contribution >= 4 is 23.2 Å². The predicted octanol–water partition coefficient (Wildman–Crippen LogP) is 1.56. The molecule has 2 rings (SSSR count). The second kappa shape index (κ2) is 8.57. The van der Waals surface area contributed by atoms with Crippen LogP contribution in [0.5, 0.6) is 0 Å². The fraction of sp³-hybridized carbons (Fsp3) is 0.222. The van der Waals surface area contributed by atoms with Crippen molar-refractivity contribution in [3.05, 3.63) is 59.7 Å². The maximum Gasteiger partial charge on any atom is 0.220 e. The van der Waals surface area contributed by atoms with E-state index in [0.29, 0.717) is 24.5 Å². The summed E-state index contributed by atoms with van der Waals surface area (Å²) in [4.78, 5) is 23.5. The summed E-state index contributed by atoms with van der Waals surface area (Å²) in [6, 6.07) is 14.6. The van der Waals surface area contributed by atoms with Crippen LogP contribution in [-0.2, 0) is 22.7 Å². The van der Waals surface area contributed by atoms with Crippen molar-refractivity contribution in [1.82, 2.24) is 10.6 Å². The van der Waals surface area contributed by atoms with Crippen molar-refractivity contribution in [1.29, 1.82) is 0 Å². The first-order valence-corrected chi connectivity index (χ1v) is 7.75. The van der Waals surface area contributed by atoms with Crippen molar-refractivity contribution in [2.45, 2.75) is 25.9 Å². The molecule has 0 bridgehead atoms. The Bertz CT molecular complexity index is 620. The molecule has 0 saturated heterocycles. The number of anilines is 2. The molecule has 6 heteroatoms. The van der Waals surface area contributed by atoms with Gasteiger partial charge in [-0.05, 0) is 35.4 Å². The van der Waals surface area contributed by atoms with Crippen LogP contribution in [0.15, 0.2) is 48.5 Å². The summed E-state index contributed by atoms with van der Waals surface area (Å²) >= 11 is 0. The van der Waals surface area contributed by atoms with E-state index in [1.54, 1.807) is 24.3 Å². The Morgan fingerprint density at radius 2 is 1.00 bits per heavy atom. The molecule has 2 aromatic rings. The van der Waals surface area contributed by atoms with Crippen molar-refractivity contribution in [3.8, 4) is 0 Å². The van der Waals surface area contributed by atoms with Crippen LogP contribution < -0.4 is 22.1 Å². The van der Waals surface area contributed by atoms with Gasteiger partial charge in [0.05, 0.1) is 0 Å². The van der Waals surface area contributed by atoms with Crippen LogP contribution in [0.2, 0.25) is 0 Å². The van der Waals surface area contributed by atoms with Gasteiger partial charge in [-0.25, -0.2) is 0 Å². The van der Waals surface area contributed by atoms with Crippen LogP contribution in [0.3, 0.4) is 0 Å². The number of benzene rings is 2. The van der Waals surface area contributed by atoms with E-state index >= 15 is 0 Å². The number of carbonyl (C=O) groups excluding carboxylic acids is 2. The summed E-state index contributed by atoms with van der Waals surface area (Å²) in [5, 5.41) is 5.56. The lowest BCUT2D eigenvalue weighted by atomic mass is 10.2. The standard InChI is InChI=1S/C18H22N4O2/c19-15-5-1-13(2-6-15)11-21-17(23)9-10-18(24)22-12-14-3-7-16(20)8-4-14/h1-8H,9-12,19-20H2,(H,21,23)(H,22,24). The van der Waals surface area contributed by atoms with Crippen molar-refractivity contribution < 1.29 is 9.59 Å². The Labute approximate surface area is 141 Å². The quantitative estimate of drug-likeness (QED) is 0.579.